The summed E-state index contributed by atoms with van der Waals surface area (Å²) in [5.41, 5.74) is 0.970. The molecule has 2 fully saturated rings. The highest BCUT2D eigenvalue weighted by molar-refractivity contribution is 6.31. The van der Waals surface area contributed by atoms with Crippen LogP contribution in [0, 0.1) is 17.7 Å². The highest BCUT2D eigenvalue weighted by atomic mass is 35.5. The summed E-state index contributed by atoms with van der Waals surface area (Å²) in [5.74, 6) is 1.14. The maximum atomic E-state index is 13.4. The van der Waals surface area contributed by atoms with Gasteiger partial charge in [-0.2, -0.15) is 0 Å². The molecule has 0 aliphatic heterocycles. The third-order valence-corrected chi connectivity index (χ3v) is 4.76. The summed E-state index contributed by atoms with van der Waals surface area (Å²) in [7, 11) is 0. The zero-order chi connectivity index (χ0) is 12.5. The molecule has 1 aromatic carbocycles. The van der Waals surface area contributed by atoms with Crippen molar-refractivity contribution in [2.75, 3.05) is 6.54 Å². The molecule has 0 radical (unpaired) electrons. The molecule has 2 aliphatic rings. The fraction of sp³-hybridized carbons (Fsp3) is 0.600. The predicted octanol–water partition coefficient (Wildman–Crippen LogP) is 3.80. The van der Waals surface area contributed by atoms with Gasteiger partial charge in [0.15, 0.2) is 0 Å². The zero-order valence-corrected chi connectivity index (χ0v) is 11.2. The van der Waals surface area contributed by atoms with E-state index in [0.29, 0.717) is 10.9 Å². The number of halogens is 2. The molecular formula is C15H19ClFN. The number of hydrogen-bond donors (Lipinski definition) is 1. The van der Waals surface area contributed by atoms with Crippen LogP contribution in [0.25, 0.3) is 0 Å². The van der Waals surface area contributed by atoms with Crippen molar-refractivity contribution in [3.63, 3.8) is 0 Å². The first kappa shape index (κ1) is 12.4. The standard InChI is InChI=1S/C15H19ClFN/c16-15-11(2-1-3-14(15)17)8-10-4-5-12(10)9-18-13-6-7-13/h1-3,10,12-13,18H,4-9H2. The Hall–Kier alpha value is -0.600. The monoisotopic (exact) mass is 267 g/mol. The lowest BCUT2D eigenvalue weighted by molar-refractivity contribution is 0.170. The number of benzene rings is 1. The lowest BCUT2D eigenvalue weighted by Gasteiger charge is -2.37. The Morgan fingerprint density at radius 2 is 1.94 bits per heavy atom. The molecule has 0 heterocycles. The highest BCUT2D eigenvalue weighted by Gasteiger charge is 2.32. The van der Waals surface area contributed by atoms with Gasteiger partial charge in [0, 0.05) is 6.04 Å². The van der Waals surface area contributed by atoms with E-state index in [9.17, 15) is 4.39 Å². The molecule has 1 nitrogen and oxygen atoms in total. The Balaban J connectivity index is 1.56. The maximum absolute atomic E-state index is 13.4. The fourth-order valence-corrected chi connectivity index (χ4v) is 2.97. The van der Waals surface area contributed by atoms with E-state index >= 15 is 0 Å². The van der Waals surface area contributed by atoms with E-state index in [0.717, 1.165) is 30.5 Å². The second-order valence-electron chi connectivity index (χ2n) is 5.70. The lowest BCUT2D eigenvalue weighted by atomic mass is 9.70. The number of rotatable bonds is 5. The molecule has 0 spiro atoms. The van der Waals surface area contributed by atoms with E-state index in [1.165, 1.54) is 31.7 Å². The van der Waals surface area contributed by atoms with Crippen molar-refractivity contribution in [1.29, 1.82) is 0 Å². The van der Waals surface area contributed by atoms with Gasteiger partial charge < -0.3 is 5.32 Å². The molecular weight excluding hydrogens is 249 g/mol. The van der Waals surface area contributed by atoms with Crippen molar-refractivity contribution in [2.24, 2.45) is 11.8 Å². The van der Waals surface area contributed by atoms with Gasteiger partial charge in [-0.25, -0.2) is 4.39 Å². The predicted molar refractivity (Wildman–Crippen MR) is 72.4 cm³/mol. The minimum atomic E-state index is -0.291. The third-order valence-electron chi connectivity index (χ3n) is 4.33. The highest BCUT2D eigenvalue weighted by Crippen LogP contribution is 2.38. The average Bonchev–Trinajstić information content (AvgIpc) is 3.14. The van der Waals surface area contributed by atoms with Crippen LogP contribution in [0.3, 0.4) is 0 Å². The first-order chi connectivity index (χ1) is 8.74. The smallest absolute Gasteiger partial charge is 0.142 e. The Kier molecular flexibility index (Phi) is 3.58. The van der Waals surface area contributed by atoms with Gasteiger partial charge in [-0.3, -0.25) is 0 Å². The quantitative estimate of drug-likeness (QED) is 0.856. The van der Waals surface area contributed by atoms with E-state index in [1.54, 1.807) is 6.07 Å². The van der Waals surface area contributed by atoms with Crippen molar-refractivity contribution in [3.8, 4) is 0 Å². The molecule has 18 heavy (non-hydrogen) atoms. The van der Waals surface area contributed by atoms with Gasteiger partial charge in [0.2, 0.25) is 0 Å². The van der Waals surface area contributed by atoms with Crippen molar-refractivity contribution < 1.29 is 4.39 Å². The Bertz CT molecular complexity index is 431. The van der Waals surface area contributed by atoms with Crippen molar-refractivity contribution in [1.82, 2.24) is 5.32 Å². The molecule has 0 saturated heterocycles. The normalized spacial score (nSPS) is 27.0. The van der Waals surface area contributed by atoms with Crippen LogP contribution in [-0.2, 0) is 6.42 Å². The van der Waals surface area contributed by atoms with Gasteiger partial charge in [0.1, 0.15) is 5.82 Å². The Morgan fingerprint density at radius 3 is 2.61 bits per heavy atom. The molecule has 0 amide bonds. The largest absolute Gasteiger partial charge is 0.314 e. The maximum Gasteiger partial charge on any atom is 0.142 e. The van der Waals surface area contributed by atoms with Crippen LogP contribution in [0.15, 0.2) is 18.2 Å². The van der Waals surface area contributed by atoms with Crippen molar-refractivity contribution in [3.05, 3.63) is 34.6 Å². The molecule has 98 valence electrons. The third kappa shape index (κ3) is 2.70. The van der Waals surface area contributed by atoms with Gasteiger partial charge >= 0.3 is 0 Å². The van der Waals surface area contributed by atoms with Crippen LogP contribution in [0.4, 0.5) is 4.39 Å². The first-order valence-corrected chi connectivity index (χ1v) is 7.28. The molecule has 0 bridgehead atoms. The molecule has 2 aliphatic carbocycles. The summed E-state index contributed by atoms with van der Waals surface area (Å²) in [6.45, 7) is 1.13. The molecule has 2 atom stereocenters. The number of hydrogen-bond acceptors (Lipinski definition) is 1. The second-order valence-corrected chi connectivity index (χ2v) is 6.08. The minimum Gasteiger partial charge on any atom is -0.314 e. The van der Waals surface area contributed by atoms with Gasteiger partial charge in [-0.15, -0.1) is 0 Å². The summed E-state index contributed by atoms with van der Waals surface area (Å²) < 4.78 is 13.4. The topological polar surface area (TPSA) is 12.0 Å². The summed E-state index contributed by atoms with van der Waals surface area (Å²) in [6, 6.07) is 5.92. The van der Waals surface area contributed by atoms with Crippen LogP contribution in [0.2, 0.25) is 5.02 Å². The molecule has 2 saturated carbocycles. The Morgan fingerprint density at radius 1 is 1.17 bits per heavy atom. The fourth-order valence-electron chi connectivity index (χ4n) is 2.77. The first-order valence-electron chi connectivity index (χ1n) is 6.90. The SMILES string of the molecule is Fc1cccc(CC2CCC2CNC2CC2)c1Cl. The summed E-state index contributed by atoms with van der Waals surface area (Å²) in [6.07, 6.45) is 6.16. The van der Waals surface area contributed by atoms with E-state index in [1.807, 2.05) is 6.07 Å². The van der Waals surface area contributed by atoms with E-state index < -0.39 is 0 Å². The van der Waals surface area contributed by atoms with Crippen molar-refractivity contribution >= 4 is 11.6 Å². The van der Waals surface area contributed by atoms with Crippen LogP contribution in [-0.4, -0.2) is 12.6 Å². The zero-order valence-electron chi connectivity index (χ0n) is 10.5. The average molecular weight is 268 g/mol. The molecule has 1 N–H and O–H groups in total. The van der Waals surface area contributed by atoms with E-state index in [4.69, 9.17) is 11.6 Å². The van der Waals surface area contributed by atoms with Crippen LogP contribution in [0.1, 0.15) is 31.2 Å². The van der Waals surface area contributed by atoms with Crippen molar-refractivity contribution in [2.45, 2.75) is 38.1 Å². The second kappa shape index (κ2) is 5.18. The van der Waals surface area contributed by atoms with Crippen LogP contribution in [0.5, 0.6) is 0 Å². The molecule has 0 aromatic heterocycles. The van der Waals surface area contributed by atoms with E-state index in [2.05, 4.69) is 5.32 Å². The van der Waals surface area contributed by atoms with E-state index in [-0.39, 0.29) is 5.82 Å². The molecule has 2 unspecified atom stereocenters. The molecule has 3 rings (SSSR count). The van der Waals surface area contributed by atoms with Gasteiger partial charge in [-0.1, -0.05) is 23.7 Å². The summed E-state index contributed by atoms with van der Waals surface area (Å²) in [4.78, 5) is 0. The van der Waals surface area contributed by atoms with Gasteiger partial charge in [-0.05, 0) is 62.1 Å². The summed E-state index contributed by atoms with van der Waals surface area (Å²) >= 11 is 6.01. The molecule has 3 heteroatoms. The van der Waals surface area contributed by atoms with Crippen LogP contribution < -0.4 is 5.32 Å². The molecule has 1 aromatic rings. The van der Waals surface area contributed by atoms with Gasteiger partial charge in [0.25, 0.3) is 0 Å². The van der Waals surface area contributed by atoms with Gasteiger partial charge in [0.05, 0.1) is 5.02 Å². The number of nitrogens with one attached hydrogen (secondary N) is 1. The Labute approximate surface area is 113 Å². The summed E-state index contributed by atoms with van der Waals surface area (Å²) in [5, 5.41) is 3.91. The lowest BCUT2D eigenvalue weighted by Crippen LogP contribution is -2.37. The minimum absolute atomic E-state index is 0.291. The van der Waals surface area contributed by atoms with Crippen LogP contribution >= 0.6 is 11.6 Å².